The highest BCUT2D eigenvalue weighted by Crippen LogP contribution is 2.08. The van der Waals surface area contributed by atoms with Gasteiger partial charge in [0.1, 0.15) is 0 Å². The lowest BCUT2D eigenvalue weighted by Crippen LogP contribution is -2.38. The van der Waals surface area contributed by atoms with Gasteiger partial charge in [0.25, 0.3) is 5.56 Å². The van der Waals surface area contributed by atoms with Crippen molar-refractivity contribution in [2.24, 2.45) is 13.0 Å². The number of aromatic amines is 1. The fourth-order valence-electron chi connectivity index (χ4n) is 1.78. The predicted octanol–water partition coefficient (Wildman–Crippen LogP) is -0.338. The Morgan fingerprint density at radius 3 is 2.65 bits per heavy atom. The number of nitrogen functional groups attached to an aromatic ring is 1. The number of nitrogens with zero attached hydrogens (tertiary/aromatic N) is 3. The van der Waals surface area contributed by atoms with Crippen LogP contribution in [0.3, 0.4) is 0 Å². The molecule has 0 atom stereocenters. The van der Waals surface area contributed by atoms with Crippen molar-refractivity contribution in [3.63, 3.8) is 0 Å². The van der Waals surface area contributed by atoms with Gasteiger partial charge in [-0.25, -0.2) is 4.79 Å². The van der Waals surface area contributed by atoms with Crippen molar-refractivity contribution in [3.8, 4) is 0 Å². The summed E-state index contributed by atoms with van der Waals surface area (Å²) in [5.41, 5.74) is 5.34. The highest BCUT2D eigenvalue weighted by atomic mass is 16.2. The van der Waals surface area contributed by atoms with Crippen LogP contribution in [0.4, 0.5) is 5.95 Å². The Labute approximate surface area is 96.9 Å². The van der Waals surface area contributed by atoms with Gasteiger partial charge in [-0.15, -0.1) is 0 Å². The Kier molecular flexibility index (Phi) is 2.53. The fourth-order valence-corrected chi connectivity index (χ4v) is 1.78. The van der Waals surface area contributed by atoms with E-state index in [2.05, 4.69) is 9.97 Å². The van der Waals surface area contributed by atoms with E-state index in [0.29, 0.717) is 12.2 Å². The number of rotatable bonds is 2. The Balaban J connectivity index is 2.90. The van der Waals surface area contributed by atoms with E-state index in [9.17, 15) is 9.59 Å². The monoisotopic (exact) mass is 237 g/mol. The number of nitrogens with one attached hydrogen (secondary N) is 1. The van der Waals surface area contributed by atoms with Crippen molar-refractivity contribution in [1.29, 1.82) is 0 Å². The number of hydrogen-bond acceptors (Lipinski definition) is 4. The van der Waals surface area contributed by atoms with Crippen LogP contribution < -0.4 is 17.0 Å². The third-order valence-corrected chi connectivity index (χ3v) is 2.54. The summed E-state index contributed by atoms with van der Waals surface area (Å²) >= 11 is 0. The van der Waals surface area contributed by atoms with Crippen LogP contribution in [-0.4, -0.2) is 19.1 Å². The molecule has 0 aromatic carbocycles. The molecule has 2 aromatic heterocycles. The van der Waals surface area contributed by atoms with Crippen molar-refractivity contribution >= 4 is 17.1 Å². The summed E-state index contributed by atoms with van der Waals surface area (Å²) in [5.74, 6) is 0.409. The minimum atomic E-state index is -0.408. The third-order valence-electron chi connectivity index (χ3n) is 2.54. The smallest absolute Gasteiger partial charge is 0.332 e. The van der Waals surface area contributed by atoms with Gasteiger partial charge in [-0.3, -0.25) is 13.9 Å². The largest absolute Gasteiger partial charge is 0.369 e. The molecule has 0 saturated heterocycles. The Morgan fingerprint density at radius 2 is 2.06 bits per heavy atom. The van der Waals surface area contributed by atoms with Crippen LogP contribution in [0.1, 0.15) is 13.8 Å². The van der Waals surface area contributed by atoms with Crippen LogP contribution in [0.2, 0.25) is 0 Å². The molecule has 0 aliphatic carbocycles. The summed E-state index contributed by atoms with van der Waals surface area (Å²) in [7, 11) is 1.44. The summed E-state index contributed by atoms with van der Waals surface area (Å²) in [5, 5.41) is 0. The molecule has 0 amide bonds. The van der Waals surface area contributed by atoms with Crippen molar-refractivity contribution < 1.29 is 0 Å². The average molecular weight is 237 g/mol. The van der Waals surface area contributed by atoms with Crippen LogP contribution >= 0.6 is 0 Å². The second kappa shape index (κ2) is 3.76. The van der Waals surface area contributed by atoms with Gasteiger partial charge in [0.15, 0.2) is 17.1 Å². The summed E-state index contributed by atoms with van der Waals surface area (Å²) < 4.78 is 2.52. The Hall–Kier alpha value is -2.05. The van der Waals surface area contributed by atoms with Gasteiger partial charge in [0.05, 0.1) is 0 Å². The average Bonchev–Trinajstić information content (AvgIpc) is 2.63. The highest BCUT2D eigenvalue weighted by molar-refractivity contribution is 5.72. The van der Waals surface area contributed by atoms with Gasteiger partial charge in [0, 0.05) is 13.6 Å². The first-order valence-corrected chi connectivity index (χ1v) is 5.36. The molecule has 7 nitrogen and oxygen atoms in total. The van der Waals surface area contributed by atoms with Gasteiger partial charge in [0.2, 0.25) is 0 Å². The van der Waals surface area contributed by atoms with E-state index < -0.39 is 5.56 Å². The lowest BCUT2D eigenvalue weighted by molar-refractivity contribution is 0.500. The normalized spacial score (nSPS) is 11.5. The fraction of sp³-hybridized carbons (Fsp3) is 0.500. The lowest BCUT2D eigenvalue weighted by Gasteiger charge is -2.10. The van der Waals surface area contributed by atoms with Crippen molar-refractivity contribution in [1.82, 2.24) is 19.1 Å². The number of anilines is 1. The molecule has 7 heteroatoms. The van der Waals surface area contributed by atoms with Gasteiger partial charge < -0.3 is 10.7 Å². The zero-order valence-corrected chi connectivity index (χ0v) is 10.0. The number of imidazole rings is 1. The maximum Gasteiger partial charge on any atom is 0.332 e. The third kappa shape index (κ3) is 1.73. The molecule has 0 fully saturated rings. The molecule has 0 saturated carbocycles. The molecule has 0 aliphatic rings. The Morgan fingerprint density at radius 1 is 1.41 bits per heavy atom. The van der Waals surface area contributed by atoms with Crippen LogP contribution in [-0.2, 0) is 13.6 Å². The molecular formula is C10H15N5O2. The summed E-state index contributed by atoms with van der Waals surface area (Å²) in [4.78, 5) is 30.5. The van der Waals surface area contributed by atoms with E-state index >= 15 is 0 Å². The summed E-state index contributed by atoms with van der Waals surface area (Å²) in [6.07, 6.45) is 0. The maximum absolute atomic E-state index is 12.0. The molecule has 2 rings (SSSR count). The molecule has 0 spiro atoms. The number of fused-ring (bicyclic) bond motifs is 1. The van der Waals surface area contributed by atoms with Gasteiger partial charge in [-0.2, -0.15) is 4.98 Å². The van der Waals surface area contributed by atoms with Gasteiger partial charge >= 0.3 is 5.69 Å². The minimum absolute atomic E-state index is 0.139. The first kappa shape index (κ1) is 11.4. The van der Waals surface area contributed by atoms with Crippen LogP contribution in [0.25, 0.3) is 11.2 Å². The quantitative estimate of drug-likeness (QED) is 0.746. The topological polar surface area (TPSA) is 98.7 Å². The molecule has 0 radical (unpaired) electrons. The molecule has 3 N–H and O–H groups in total. The Bertz CT molecular complexity index is 676. The van der Waals surface area contributed by atoms with Crippen molar-refractivity contribution in [2.75, 3.05) is 5.73 Å². The number of aromatic nitrogens is 4. The molecule has 17 heavy (non-hydrogen) atoms. The molecule has 2 heterocycles. The predicted molar refractivity (Wildman–Crippen MR) is 64.8 cm³/mol. The maximum atomic E-state index is 12.0. The summed E-state index contributed by atoms with van der Waals surface area (Å²) in [6, 6.07) is 0. The van der Waals surface area contributed by atoms with Crippen LogP contribution in [0, 0.1) is 5.92 Å². The number of nitrogens with two attached hydrogens (primary N) is 1. The molecule has 92 valence electrons. The van der Waals surface area contributed by atoms with E-state index in [1.165, 1.54) is 11.6 Å². The van der Waals surface area contributed by atoms with E-state index in [-0.39, 0.29) is 23.1 Å². The first-order chi connectivity index (χ1) is 7.91. The lowest BCUT2D eigenvalue weighted by atomic mass is 10.2. The summed E-state index contributed by atoms with van der Waals surface area (Å²) in [6.45, 7) is 4.46. The number of hydrogen-bond donors (Lipinski definition) is 2. The minimum Gasteiger partial charge on any atom is -0.369 e. The zero-order chi connectivity index (χ0) is 12.7. The number of H-pyrrole nitrogens is 1. The second-order valence-electron chi connectivity index (χ2n) is 4.47. The SMILES string of the molecule is CC(C)Cn1c(=O)n(C)c(=O)c2[nH]c(N)nc21. The van der Waals surface area contributed by atoms with E-state index in [4.69, 9.17) is 5.73 Å². The second-order valence-corrected chi connectivity index (χ2v) is 4.47. The van der Waals surface area contributed by atoms with Crippen molar-refractivity contribution in [2.45, 2.75) is 20.4 Å². The molecule has 0 unspecified atom stereocenters. The molecule has 0 aliphatic heterocycles. The molecular weight excluding hydrogens is 222 g/mol. The highest BCUT2D eigenvalue weighted by Gasteiger charge is 2.15. The molecule has 0 bridgehead atoms. The zero-order valence-electron chi connectivity index (χ0n) is 10.0. The first-order valence-electron chi connectivity index (χ1n) is 5.36. The van der Waals surface area contributed by atoms with Gasteiger partial charge in [-0.05, 0) is 5.92 Å². The standard InChI is InChI=1S/C10H15N5O2/c1-5(2)4-15-7-6(12-9(11)13-7)8(16)14(3)10(15)17/h5H,4H2,1-3H3,(H3,11,12,13). The van der Waals surface area contributed by atoms with Crippen LogP contribution in [0.5, 0.6) is 0 Å². The van der Waals surface area contributed by atoms with E-state index in [1.807, 2.05) is 13.8 Å². The van der Waals surface area contributed by atoms with E-state index in [1.54, 1.807) is 0 Å². The van der Waals surface area contributed by atoms with E-state index in [0.717, 1.165) is 4.57 Å². The molecule has 2 aromatic rings. The van der Waals surface area contributed by atoms with Crippen molar-refractivity contribution in [3.05, 3.63) is 20.8 Å². The van der Waals surface area contributed by atoms with Crippen LogP contribution in [0.15, 0.2) is 9.59 Å². The van der Waals surface area contributed by atoms with Gasteiger partial charge in [-0.1, -0.05) is 13.8 Å².